The first-order valence-corrected chi connectivity index (χ1v) is 5.96. The van der Waals surface area contributed by atoms with Crippen molar-refractivity contribution in [2.75, 3.05) is 5.32 Å². The van der Waals surface area contributed by atoms with E-state index in [0.717, 1.165) is 0 Å². The molecule has 1 atom stereocenters. The smallest absolute Gasteiger partial charge is 0.293 e. The molecule has 4 nitrogen and oxygen atoms in total. The van der Waals surface area contributed by atoms with Crippen LogP contribution in [0.25, 0.3) is 0 Å². The first kappa shape index (κ1) is 11.2. The number of hydrogen-bond acceptors (Lipinski definition) is 3. The summed E-state index contributed by atoms with van der Waals surface area (Å²) < 4.78 is 1.55. The summed E-state index contributed by atoms with van der Waals surface area (Å²) in [5, 5.41) is 3.25. The predicted molar refractivity (Wildman–Crippen MR) is 64.5 cm³/mol. The average molecular weight is 221 g/mol. The summed E-state index contributed by atoms with van der Waals surface area (Å²) in [6.45, 7) is 2.14. The van der Waals surface area contributed by atoms with Gasteiger partial charge in [-0.2, -0.15) is 0 Å². The molecule has 1 fully saturated rings. The summed E-state index contributed by atoms with van der Waals surface area (Å²) in [5.74, 6) is 1.16. The van der Waals surface area contributed by atoms with E-state index in [1.54, 1.807) is 24.0 Å². The van der Waals surface area contributed by atoms with Crippen molar-refractivity contribution in [2.45, 2.75) is 38.6 Å². The lowest BCUT2D eigenvalue weighted by atomic mass is 10.00. The third-order valence-electron chi connectivity index (χ3n) is 3.49. The zero-order chi connectivity index (χ0) is 11.5. The van der Waals surface area contributed by atoms with E-state index < -0.39 is 0 Å². The van der Waals surface area contributed by atoms with E-state index in [1.807, 2.05) is 0 Å². The lowest BCUT2D eigenvalue weighted by molar-refractivity contribution is 0.480. The monoisotopic (exact) mass is 221 g/mol. The van der Waals surface area contributed by atoms with E-state index in [2.05, 4.69) is 17.2 Å². The van der Waals surface area contributed by atoms with Crippen LogP contribution >= 0.6 is 0 Å². The maximum absolute atomic E-state index is 11.8. The van der Waals surface area contributed by atoms with Gasteiger partial charge in [-0.05, 0) is 25.7 Å². The molecule has 1 aromatic rings. The van der Waals surface area contributed by atoms with E-state index in [-0.39, 0.29) is 5.56 Å². The van der Waals surface area contributed by atoms with Gasteiger partial charge >= 0.3 is 0 Å². The molecule has 0 aliphatic heterocycles. The summed E-state index contributed by atoms with van der Waals surface area (Å²) in [6.07, 6.45) is 8.50. The average Bonchev–Trinajstić information content (AvgIpc) is 2.78. The van der Waals surface area contributed by atoms with Crippen molar-refractivity contribution in [3.63, 3.8) is 0 Å². The number of nitrogens with one attached hydrogen (secondary N) is 1. The molecule has 2 rings (SSSR count). The van der Waals surface area contributed by atoms with Crippen molar-refractivity contribution < 1.29 is 0 Å². The number of anilines is 1. The summed E-state index contributed by atoms with van der Waals surface area (Å²) >= 11 is 0. The quantitative estimate of drug-likeness (QED) is 0.846. The van der Waals surface area contributed by atoms with Crippen LogP contribution in [0.2, 0.25) is 0 Å². The Balaban J connectivity index is 2.08. The Morgan fingerprint density at radius 3 is 2.88 bits per heavy atom. The molecule has 1 unspecified atom stereocenters. The number of aromatic nitrogens is 2. The van der Waals surface area contributed by atoms with Gasteiger partial charge in [0.15, 0.2) is 5.82 Å². The summed E-state index contributed by atoms with van der Waals surface area (Å²) in [4.78, 5) is 15.9. The van der Waals surface area contributed by atoms with Crippen molar-refractivity contribution in [3.8, 4) is 0 Å². The van der Waals surface area contributed by atoms with Gasteiger partial charge in [0, 0.05) is 25.5 Å². The Labute approximate surface area is 95.7 Å². The molecule has 0 spiro atoms. The molecule has 16 heavy (non-hydrogen) atoms. The van der Waals surface area contributed by atoms with Gasteiger partial charge in [-0.1, -0.05) is 12.8 Å². The molecule has 0 bridgehead atoms. The second-order valence-electron chi connectivity index (χ2n) is 4.67. The first-order chi connectivity index (χ1) is 7.68. The van der Waals surface area contributed by atoms with Crippen LogP contribution in [0.3, 0.4) is 0 Å². The number of rotatable bonds is 3. The van der Waals surface area contributed by atoms with Gasteiger partial charge in [0.05, 0.1) is 0 Å². The van der Waals surface area contributed by atoms with Crippen molar-refractivity contribution in [2.24, 2.45) is 13.0 Å². The van der Waals surface area contributed by atoms with Crippen molar-refractivity contribution in [3.05, 3.63) is 22.7 Å². The lowest BCUT2D eigenvalue weighted by Gasteiger charge is -2.20. The van der Waals surface area contributed by atoms with Gasteiger partial charge in [-0.15, -0.1) is 0 Å². The Morgan fingerprint density at radius 1 is 1.50 bits per heavy atom. The minimum atomic E-state index is -0.0488. The van der Waals surface area contributed by atoms with E-state index in [1.165, 1.54) is 25.7 Å². The lowest BCUT2D eigenvalue weighted by Crippen LogP contribution is -2.30. The molecule has 0 amide bonds. The molecule has 4 heteroatoms. The summed E-state index contributed by atoms with van der Waals surface area (Å²) in [6, 6.07) is 0.338. The molecule has 1 aliphatic rings. The molecule has 1 aromatic heterocycles. The fourth-order valence-electron chi connectivity index (χ4n) is 2.39. The highest BCUT2D eigenvalue weighted by Crippen LogP contribution is 2.28. The van der Waals surface area contributed by atoms with Crippen LogP contribution in [-0.2, 0) is 7.05 Å². The van der Waals surface area contributed by atoms with Gasteiger partial charge in [-0.25, -0.2) is 4.98 Å². The molecule has 0 radical (unpaired) electrons. The fraction of sp³-hybridized carbons (Fsp3) is 0.667. The highest BCUT2D eigenvalue weighted by atomic mass is 16.1. The second kappa shape index (κ2) is 4.68. The topological polar surface area (TPSA) is 46.9 Å². The fourth-order valence-corrected chi connectivity index (χ4v) is 2.39. The zero-order valence-corrected chi connectivity index (χ0v) is 9.94. The maximum atomic E-state index is 11.8. The highest BCUT2D eigenvalue weighted by Gasteiger charge is 2.22. The van der Waals surface area contributed by atoms with Crippen LogP contribution in [-0.4, -0.2) is 15.6 Å². The van der Waals surface area contributed by atoms with Crippen LogP contribution in [0.4, 0.5) is 5.82 Å². The molecule has 1 heterocycles. The van der Waals surface area contributed by atoms with Gasteiger partial charge in [0.2, 0.25) is 0 Å². The Kier molecular flexibility index (Phi) is 3.27. The second-order valence-corrected chi connectivity index (χ2v) is 4.67. The highest BCUT2D eigenvalue weighted by molar-refractivity contribution is 5.32. The minimum Gasteiger partial charge on any atom is -0.363 e. The van der Waals surface area contributed by atoms with E-state index >= 15 is 0 Å². The molecule has 1 aliphatic carbocycles. The van der Waals surface area contributed by atoms with Crippen molar-refractivity contribution >= 4 is 5.82 Å². The summed E-state index contributed by atoms with van der Waals surface area (Å²) in [7, 11) is 1.75. The molecule has 1 N–H and O–H groups in total. The number of aryl methyl sites for hydroxylation is 1. The maximum Gasteiger partial charge on any atom is 0.293 e. The molecular formula is C12H19N3O. The Bertz CT molecular complexity index is 407. The number of nitrogens with zero attached hydrogens (tertiary/aromatic N) is 2. The SMILES string of the molecule is CC(Nc1nccn(C)c1=O)C1CCCC1. The van der Waals surface area contributed by atoms with Gasteiger partial charge in [0.25, 0.3) is 5.56 Å². The Morgan fingerprint density at radius 2 is 2.19 bits per heavy atom. The molecule has 0 aromatic carbocycles. The van der Waals surface area contributed by atoms with Crippen LogP contribution < -0.4 is 10.9 Å². The number of hydrogen-bond donors (Lipinski definition) is 1. The van der Waals surface area contributed by atoms with E-state index in [4.69, 9.17) is 0 Å². The van der Waals surface area contributed by atoms with Crippen LogP contribution in [0, 0.1) is 5.92 Å². The summed E-state index contributed by atoms with van der Waals surface area (Å²) in [5.41, 5.74) is -0.0488. The van der Waals surface area contributed by atoms with Crippen LogP contribution in [0.5, 0.6) is 0 Å². The minimum absolute atomic E-state index is 0.0488. The van der Waals surface area contributed by atoms with Crippen molar-refractivity contribution in [1.82, 2.24) is 9.55 Å². The normalized spacial score (nSPS) is 18.6. The van der Waals surface area contributed by atoms with Crippen LogP contribution in [0.15, 0.2) is 17.2 Å². The first-order valence-electron chi connectivity index (χ1n) is 5.96. The van der Waals surface area contributed by atoms with Gasteiger partial charge in [-0.3, -0.25) is 4.79 Å². The van der Waals surface area contributed by atoms with Gasteiger partial charge < -0.3 is 9.88 Å². The third kappa shape index (κ3) is 2.26. The molecule has 1 saturated carbocycles. The molecule has 0 saturated heterocycles. The van der Waals surface area contributed by atoms with Gasteiger partial charge in [0.1, 0.15) is 0 Å². The zero-order valence-electron chi connectivity index (χ0n) is 9.94. The Hall–Kier alpha value is -1.32. The van der Waals surface area contributed by atoms with Crippen molar-refractivity contribution in [1.29, 1.82) is 0 Å². The molecular weight excluding hydrogens is 202 g/mol. The predicted octanol–water partition coefficient (Wildman–Crippen LogP) is 1.77. The van der Waals surface area contributed by atoms with E-state index in [0.29, 0.717) is 17.8 Å². The van der Waals surface area contributed by atoms with E-state index in [9.17, 15) is 4.79 Å². The third-order valence-corrected chi connectivity index (χ3v) is 3.49. The van der Waals surface area contributed by atoms with Crippen LogP contribution in [0.1, 0.15) is 32.6 Å². The standard InChI is InChI=1S/C12H19N3O/c1-9(10-5-3-4-6-10)14-11-12(16)15(2)8-7-13-11/h7-10H,3-6H2,1-2H3,(H,13,14). The molecule has 88 valence electrons. The largest absolute Gasteiger partial charge is 0.363 e.